The highest BCUT2D eigenvalue weighted by molar-refractivity contribution is 9.10. The van der Waals surface area contributed by atoms with Crippen LogP contribution in [0.4, 0.5) is 0 Å². The van der Waals surface area contributed by atoms with Crippen molar-refractivity contribution in [2.24, 2.45) is 5.73 Å². The number of nitrogens with zero attached hydrogens (tertiary/aromatic N) is 3. The van der Waals surface area contributed by atoms with E-state index in [1.165, 1.54) is 11.8 Å². The number of aryl methyl sites for hydroxylation is 1. The first kappa shape index (κ1) is 20.3. The van der Waals surface area contributed by atoms with Gasteiger partial charge >= 0.3 is 0 Å². The second-order valence-corrected chi connectivity index (χ2v) is 8.39. The van der Waals surface area contributed by atoms with Gasteiger partial charge in [-0.3, -0.25) is 14.2 Å². The molecule has 0 saturated heterocycles. The molecule has 7 nitrogen and oxygen atoms in total. The number of furan rings is 1. The maximum absolute atomic E-state index is 12.7. The van der Waals surface area contributed by atoms with Gasteiger partial charge in [-0.2, -0.15) is 0 Å². The van der Waals surface area contributed by atoms with Crippen molar-refractivity contribution < 1.29 is 14.0 Å². The third-order valence-corrected chi connectivity index (χ3v) is 5.67. The molecule has 2 heterocycles. The topological polar surface area (TPSA) is 104 Å². The van der Waals surface area contributed by atoms with E-state index in [1.807, 2.05) is 29.7 Å². The number of hydrogen-bond donors (Lipinski definition) is 1. The molecule has 0 bridgehead atoms. The molecule has 9 heteroatoms. The van der Waals surface area contributed by atoms with Gasteiger partial charge in [0, 0.05) is 22.9 Å². The Morgan fingerprint density at radius 2 is 2.00 bits per heavy atom. The largest absolute Gasteiger partial charge is 0.467 e. The number of primary amides is 1. The van der Waals surface area contributed by atoms with Crippen LogP contribution in [0.3, 0.4) is 0 Å². The van der Waals surface area contributed by atoms with Crippen LogP contribution < -0.4 is 5.73 Å². The molecule has 3 aromatic rings. The molecule has 0 fully saturated rings. The van der Waals surface area contributed by atoms with Crippen molar-refractivity contribution >= 4 is 39.4 Å². The highest BCUT2D eigenvalue weighted by atomic mass is 79.9. The summed E-state index contributed by atoms with van der Waals surface area (Å²) in [6, 6.07) is 10.9. The summed E-state index contributed by atoms with van der Waals surface area (Å²) in [5, 5.41) is 8.65. The summed E-state index contributed by atoms with van der Waals surface area (Å²) in [6.07, 6.45) is 2.14. The first-order valence-corrected chi connectivity index (χ1v) is 10.3. The normalized spacial score (nSPS) is 12.1. The van der Waals surface area contributed by atoms with Crippen molar-refractivity contribution in [2.45, 2.75) is 36.7 Å². The van der Waals surface area contributed by atoms with Crippen molar-refractivity contribution in [2.75, 3.05) is 0 Å². The van der Waals surface area contributed by atoms with Crippen LogP contribution in [0.15, 0.2) is 56.7 Å². The molecule has 0 radical (unpaired) electrons. The van der Waals surface area contributed by atoms with E-state index in [0.717, 1.165) is 10.2 Å². The number of benzene rings is 1. The number of thioether (sulfide) groups is 1. The lowest BCUT2D eigenvalue weighted by molar-refractivity contribution is -0.118. The fourth-order valence-corrected chi connectivity index (χ4v) is 3.81. The zero-order valence-electron chi connectivity index (χ0n) is 15.2. The van der Waals surface area contributed by atoms with Gasteiger partial charge in [-0.15, -0.1) is 10.2 Å². The number of carbonyl (C=O) groups excluding carboxylic acids is 2. The monoisotopic (exact) mass is 462 g/mol. The SMILES string of the molecule is CC(Sc1nnc(CCC(N)=O)n1Cc1ccco1)C(=O)c1ccc(Br)cc1. The number of amides is 1. The van der Waals surface area contributed by atoms with E-state index in [9.17, 15) is 9.59 Å². The molecule has 0 aliphatic carbocycles. The maximum Gasteiger partial charge on any atom is 0.217 e. The summed E-state index contributed by atoms with van der Waals surface area (Å²) in [5.74, 6) is 0.958. The van der Waals surface area contributed by atoms with Crippen molar-refractivity contribution in [3.63, 3.8) is 0 Å². The van der Waals surface area contributed by atoms with Gasteiger partial charge < -0.3 is 10.2 Å². The van der Waals surface area contributed by atoms with E-state index in [1.54, 1.807) is 24.5 Å². The Kier molecular flexibility index (Phi) is 6.69. The van der Waals surface area contributed by atoms with Crippen LogP contribution >= 0.6 is 27.7 Å². The predicted octanol–water partition coefficient (Wildman–Crippen LogP) is 3.46. The van der Waals surface area contributed by atoms with Crippen LogP contribution in [-0.4, -0.2) is 31.7 Å². The fourth-order valence-electron chi connectivity index (χ4n) is 2.60. The molecule has 1 aromatic carbocycles. The molecule has 0 aliphatic rings. The minimum absolute atomic E-state index is 0.00346. The van der Waals surface area contributed by atoms with E-state index in [4.69, 9.17) is 10.2 Å². The predicted molar refractivity (Wildman–Crippen MR) is 109 cm³/mol. The Balaban J connectivity index is 1.80. The summed E-state index contributed by atoms with van der Waals surface area (Å²) in [7, 11) is 0. The molecule has 2 aromatic heterocycles. The van der Waals surface area contributed by atoms with E-state index in [0.29, 0.717) is 29.5 Å². The van der Waals surface area contributed by atoms with E-state index < -0.39 is 5.91 Å². The third-order valence-electron chi connectivity index (χ3n) is 4.06. The molecule has 1 amide bonds. The van der Waals surface area contributed by atoms with Gasteiger partial charge in [-0.05, 0) is 31.2 Å². The van der Waals surface area contributed by atoms with Crippen LogP contribution in [0.2, 0.25) is 0 Å². The molecular formula is C19H19BrN4O3S. The zero-order valence-corrected chi connectivity index (χ0v) is 17.6. The maximum atomic E-state index is 12.7. The van der Waals surface area contributed by atoms with Crippen molar-refractivity contribution in [1.82, 2.24) is 14.8 Å². The molecule has 28 heavy (non-hydrogen) atoms. The van der Waals surface area contributed by atoms with Crippen LogP contribution in [0.5, 0.6) is 0 Å². The molecular weight excluding hydrogens is 444 g/mol. The molecule has 0 spiro atoms. The molecule has 1 unspecified atom stereocenters. The Morgan fingerprint density at radius 1 is 1.25 bits per heavy atom. The average molecular weight is 463 g/mol. The first-order chi connectivity index (χ1) is 13.4. The second kappa shape index (κ2) is 9.20. The summed E-state index contributed by atoms with van der Waals surface area (Å²) in [6.45, 7) is 2.25. The van der Waals surface area contributed by atoms with Crippen LogP contribution in [0.25, 0.3) is 0 Å². The number of ketones is 1. The fraction of sp³-hybridized carbons (Fsp3) is 0.263. The summed E-state index contributed by atoms with van der Waals surface area (Å²) in [5.41, 5.74) is 5.89. The molecule has 2 N–H and O–H groups in total. The molecule has 146 valence electrons. The Bertz CT molecular complexity index is 954. The van der Waals surface area contributed by atoms with Crippen molar-refractivity contribution in [1.29, 1.82) is 0 Å². The summed E-state index contributed by atoms with van der Waals surface area (Å²) < 4.78 is 8.20. The third kappa shape index (κ3) is 5.11. The summed E-state index contributed by atoms with van der Waals surface area (Å²) in [4.78, 5) is 23.9. The minimum Gasteiger partial charge on any atom is -0.467 e. The number of Topliss-reactive ketones (excluding diaryl/α,β-unsaturated/α-hetero) is 1. The van der Waals surface area contributed by atoms with E-state index in [2.05, 4.69) is 26.1 Å². The van der Waals surface area contributed by atoms with Gasteiger partial charge in [-0.25, -0.2) is 0 Å². The molecule has 1 atom stereocenters. The van der Waals surface area contributed by atoms with Crippen LogP contribution in [0, 0.1) is 0 Å². The van der Waals surface area contributed by atoms with Crippen LogP contribution in [0.1, 0.15) is 35.3 Å². The van der Waals surface area contributed by atoms with Gasteiger partial charge in [0.05, 0.1) is 18.1 Å². The van der Waals surface area contributed by atoms with E-state index >= 15 is 0 Å². The highest BCUT2D eigenvalue weighted by Gasteiger charge is 2.22. The number of carbonyl (C=O) groups is 2. The smallest absolute Gasteiger partial charge is 0.217 e. The molecule has 0 aliphatic heterocycles. The Morgan fingerprint density at radius 3 is 2.64 bits per heavy atom. The lowest BCUT2D eigenvalue weighted by Gasteiger charge is -2.12. The average Bonchev–Trinajstić information content (AvgIpc) is 3.31. The van der Waals surface area contributed by atoms with Gasteiger partial charge in [-0.1, -0.05) is 39.8 Å². The second-order valence-electron chi connectivity index (χ2n) is 6.16. The van der Waals surface area contributed by atoms with E-state index in [-0.39, 0.29) is 17.5 Å². The number of hydrogen-bond acceptors (Lipinski definition) is 6. The van der Waals surface area contributed by atoms with Crippen molar-refractivity contribution in [3.05, 3.63) is 64.3 Å². The van der Waals surface area contributed by atoms with Gasteiger partial charge in [0.25, 0.3) is 0 Å². The minimum atomic E-state index is -0.402. The number of nitrogens with two attached hydrogens (primary N) is 1. The van der Waals surface area contributed by atoms with Gasteiger partial charge in [0.15, 0.2) is 10.9 Å². The lowest BCUT2D eigenvalue weighted by Crippen LogP contribution is -2.16. The lowest BCUT2D eigenvalue weighted by atomic mass is 10.1. The molecule has 3 rings (SSSR count). The molecule has 0 saturated carbocycles. The standard InChI is InChI=1S/C19H19BrN4O3S/c1-12(18(26)13-4-6-14(20)7-5-13)28-19-23-22-17(9-8-16(21)25)24(19)11-15-3-2-10-27-15/h2-7,10,12H,8-9,11H2,1H3,(H2,21,25). The zero-order chi connectivity index (χ0) is 20.1. The Hall–Kier alpha value is -2.39. The number of rotatable bonds is 9. The van der Waals surface area contributed by atoms with Crippen LogP contribution in [-0.2, 0) is 17.8 Å². The summed E-state index contributed by atoms with van der Waals surface area (Å²) >= 11 is 4.70. The number of halogens is 1. The number of aromatic nitrogens is 3. The highest BCUT2D eigenvalue weighted by Crippen LogP contribution is 2.26. The first-order valence-electron chi connectivity index (χ1n) is 8.63. The quantitative estimate of drug-likeness (QED) is 0.385. The van der Waals surface area contributed by atoms with Crippen molar-refractivity contribution in [3.8, 4) is 0 Å². The van der Waals surface area contributed by atoms with Gasteiger partial charge in [0.1, 0.15) is 11.6 Å². The Labute approximate surface area is 174 Å². The van der Waals surface area contributed by atoms with Gasteiger partial charge in [0.2, 0.25) is 5.91 Å².